The van der Waals surface area contributed by atoms with E-state index in [2.05, 4.69) is 0 Å². The Morgan fingerprint density at radius 1 is 0.508 bits per heavy atom. The van der Waals surface area contributed by atoms with Gasteiger partial charge in [0.25, 0.3) is 0 Å². The second-order valence-electron chi connectivity index (χ2n) is 17.7. The maximum absolute atomic E-state index is 16.2. The van der Waals surface area contributed by atoms with Gasteiger partial charge in [-0.15, -0.1) is 22.7 Å². The van der Waals surface area contributed by atoms with Crippen LogP contribution in [0, 0.1) is 38.1 Å². The average molecular weight is 859 g/mol. The normalized spacial score (nSPS) is 22.4. The largest absolute Gasteiger partial charge is 0.714 e. The van der Waals surface area contributed by atoms with E-state index in [9.17, 15) is 20.8 Å². The number of rotatable bonds is 6. The van der Waals surface area contributed by atoms with Gasteiger partial charge >= 0.3 is 29.4 Å². The van der Waals surface area contributed by atoms with E-state index in [1.54, 1.807) is 79.7 Å². The molecule has 16 heteroatoms. The summed E-state index contributed by atoms with van der Waals surface area (Å²) in [4.78, 5) is 0.952. The van der Waals surface area contributed by atoms with E-state index in [-0.39, 0.29) is 32.6 Å². The SMILES string of the molecule is Cc1sc(-c2ccc(C3=[N+]([O-])C(C)(C)C(C)(C)N3[O])cc2)c(C)c1C1=C(c2c(C)sc(-c3ccc(C4=[N+]([O-])C(C)(C)C(C)(C)N4[O])cc3)c2C)C(F)(F)C(F)(F)C1(F)F. The molecule has 2 aromatic carbocycles. The highest BCUT2D eigenvalue weighted by Gasteiger charge is 2.80. The molecule has 2 aromatic heterocycles. The minimum Gasteiger partial charge on any atom is -0.714 e. The number of alkyl halides is 6. The lowest BCUT2D eigenvalue weighted by Gasteiger charge is -2.32. The first kappa shape index (κ1) is 42.7. The van der Waals surface area contributed by atoms with Gasteiger partial charge in [0, 0.05) is 52.2 Å². The minimum atomic E-state index is -5.78. The zero-order valence-electron chi connectivity index (χ0n) is 34.6. The van der Waals surface area contributed by atoms with E-state index in [1.807, 2.05) is 0 Å². The lowest BCUT2D eigenvalue weighted by Crippen LogP contribution is -2.53. The summed E-state index contributed by atoms with van der Waals surface area (Å²) in [6.45, 7) is 18.9. The quantitative estimate of drug-likeness (QED) is 0.110. The summed E-state index contributed by atoms with van der Waals surface area (Å²) in [7, 11) is 0. The van der Waals surface area contributed by atoms with Gasteiger partial charge in [0.2, 0.25) is 0 Å². The molecule has 3 aliphatic rings. The first-order valence-corrected chi connectivity index (χ1v) is 20.5. The first-order chi connectivity index (χ1) is 26.9. The molecular formula is C43H44F6N4O4S2. The molecule has 2 aliphatic heterocycles. The zero-order chi connectivity index (χ0) is 44.1. The number of benzene rings is 2. The van der Waals surface area contributed by atoms with E-state index in [0.717, 1.165) is 22.7 Å². The van der Waals surface area contributed by atoms with E-state index in [1.165, 1.54) is 52.0 Å². The number of hydrogen-bond acceptors (Lipinski definition) is 6. The van der Waals surface area contributed by atoms with Crippen molar-refractivity contribution in [2.45, 2.75) is 123 Å². The average Bonchev–Trinajstić information content (AvgIpc) is 3.71. The molecule has 8 nitrogen and oxygen atoms in total. The third kappa shape index (κ3) is 5.34. The lowest BCUT2D eigenvalue weighted by atomic mass is 9.84. The fraction of sp³-hybridized carbons (Fsp3) is 0.442. The van der Waals surface area contributed by atoms with Gasteiger partial charge in [-0.3, -0.25) is 9.48 Å². The molecule has 0 saturated heterocycles. The Hall–Kier alpha value is -4.38. The molecule has 0 N–H and O–H groups in total. The summed E-state index contributed by atoms with van der Waals surface area (Å²) in [5.41, 5.74) is -6.34. The van der Waals surface area contributed by atoms with Gasteiger partial charge in [-0.05, 0) is 130 Å². The molecule has 4 aromatic rings. The smallest absolute Gasteiger partial charge is 0.380 e. The molecule has 7 rings (SSSR count). The summed E-state index contributed by atoms with van der Waals surface area (Å²) >= 11 is 1.96. The van der Waals surface area contributed by atoms with Crippen molar-refractivity contribution in [3.05, 3.63) is 102 Å². The second-order valence-corrected chi connectivity index (χ2v) is 20.1. The number of thiophene rings is 2. The molecule has 314 valence electrons. The van der Waals surface area contributed by atoms with Crippen molar-refractivity contribution < 1.29 is 46.2 Å². The first-order valence-electron chi connectivity index (χ1n) is 18.9. The number of allylic oxidation sites excluding steroid dienone is 2. The molecule has 0 unspecified atom stereocenters. The number of aryl methyl sites for hydroxylation is 2. The predicted molar refractivity (Wildman–Crippen MR) is 217 cm³/mol. The van der Waals surface area contributed by atoms with Crippen LogP contribution in [-0.4, -0.2) is 71.2 Å². The van der Waals surface area contributed by atoms with Crippen LogP contribution in [0.5, 0.6) is 0 Å². The summed E-state index contributed by atoms with van der Waals surface area (Å²) in [5, 5.41) is 54.3. The Balaban J connectivity index is 1.34. The molecule has 59 heavy (non-hydrogen) atoms. The van der Waals surface area contributed by atoms with Crippen molar-refractivity contribution in [1.82, 2.24) is 10.1 Å². The molecule has 0 atom stereocenters. The van der Waals surface area contributed by atoms with Crippen LogP contribution < -0.4 is 0 Å². The van der Waals surface area contributed by atoms with Gasteiger partial charge < -0.3 is 10.4 Å². The Morgan fingerprint density at radius 3 is 1.03 bits per heavy atom. The van der Waals surface area contributed by atoms with E-state index in [4.69, 9.17) is 0 Å². The summed E-state index contributed by atoms with van der Waals surface area (Å²) in [6.07, 6.45) is 0. The number of amidine groups is 2. The highest BCUT2D eigenvalue weighted by atomic mass is 32.1. The van der Waals surface area contributed by atoms with Crippen molar-refractivity contribution in [1.29, 1.82) is 0 Å². The Bertz CT molecular complexity index is 2360. The third-order valence-electron chi connectivity index (χ3n) is 13.4. The number of hydrogen-bond donors (Lipinski definition) is 0. The predicted octanol–water partition coefficient (Wildman–Crippen LogP) is 11.2. The van der Waals surface area contributed by atoms with E-state index >= 15 is 26.3 Å². The Kier molecular flexibility index (Phi) is 9.28. The Labute approximate surface area is 346 Å². The van der Waals surface area contributed by atoms with Gasteiger partial charge in [-0.2, -0.15) is 26.3 Å². The fourth-order valence-electron chi connectivity index (χ4n) is 8.21. The van der Waals surface area contributed by atoms with Crippen molar-refractivity contribution in [2.75, 3.05) is 0 Å². The molecule has 0 bridgehead atoms. The minimum absolute atomic E-state index is 0.0876. The zero-order valence-corrected chi connectivity index (χ0v) is 36.3. The van der Waals surface area contributed by atoms with Crippen LogP contribution in [0.25, 0.3) is 32.0 Å². The van der Waals surface area contributed by atoms with Gasteiger partial charge in [-0.25, -0.2) is 0 Å². The van der Waals surface area contributed by atoms with Gasteiger partial charge in [-0.1, -0.05) is 34.4 Å². The van der Waals surface area contributed by atoms with Gasteiger partial charge in [0.1, 0.15) is 11.1 Å². The van der Waals surface area contributed by atoms with Crippen molar-refractivity contribution >= 4 is 45.5 Å². The summed E-state index contributed by atoms with van der Waals surface area (Å²) in [6, 6.07) is 12.4. The van der Waals surface area contributed by atoms with Crippen LogP contribution in [0.15, 0.2) is 48.5 Å². The van der Waals surface area contributed by atoms with Crippen LogP contribution in [0.4, 0.5) is 26.3 Å². The van der Waals surface area contributed by atoms with Gasteiger partial charge in [0.15, 0.2) is 11.1 Å². The monoisotopic (exact) mass is 858 g/mol. The molecule has 0 spiro atoms. The maximum Gasteiger partial charge on any atom is 0.380 e. The van der Waals surface area contributed by atoms with Crippen LogP contribution >= 0.6 is 22.7 Å². The topological polar surface area (TPSA) is 98.4 Å². The Morgan fingerprint density at radius 2 is 0.780 bits per heavy atom. The van der Waals surface area contributed by atoms with Crippen molar-refractivity contribution in [2.24, 2.45) is 0 Å². The molecule has 0 amide bonds. The maximum atomic E-state index is 16.2. The van der Waals surface area contributed by atoms with Gasteiger partial charge in [0.05, 0.1) is 11.1 Å². The fourth-order valence-corrected chi connectivity index (χ4v) is 10.6. The van der Waals surface area contributed by atoms with Crippen molar-refractivity contribution in [3.8, 4) is 20.9 Å². The van der Waals surface area contributed by atoms with E-state index in [0.29, 0.717) is 51.6 Å². The molecule has 1 aliphatic carbocycles. The van der Waals surface area contributed by atoms with Crippen LogP contribution in [0.1, 0.15) is 98.5 Å². The molecule has 2 radical (unpaired) electrons. The number of hydroxylamine groups is 6. The standard InChI is InChI=1S/C43H44F6N4O4S2/c1-21-29(23(3)58-33(21)25-13-17-27(18-14-25)35-50(54)37(5,6)38(7,8)51(35)55)31-32(42(46,47)43(48,49)41(31,44)45)30-22(2)34(59-24(30)4)26-15-19-28(20-16-26)36-52(56)39(9,10)40(11,12)53(36)57/h13-20H,1-12H3. The van der Waals surface area contributed by atoms with Crippen molar-refractivity contribution in [3.63, 3.8) is 0 Å². The highest BCUT2D eigenvalue weighted by Crippen LogP contribution is 2.67. The highest BCUT2D eigenvalue weighted by molar-refractivity contribution is 7.16. The third-order valence-corrected chi connectivity index (χ3v) is 15.9. The number of nitrogens with zero attached hydrogens (tertiary/aromatic N) is 4. The molecular weight excluding hydrogens is 815 g/mol. The molecule has 4 heterocycles. The molecule has 0 saturated carbocycles. The summed E-state index contributed by atoms with van der Waals surface area (Å²) < 4.78 is 97.5. The van der Waals surface area contributed by atoms with Crippen LogP contribution in [-0.2, 0) is 10.4 Å². The van der Waals surface area contributed by atoms with E-state index < -0.39 is 62.2 Å². The molecule has 0 fully saturated rings. The van der Waals surface area contributed by atoms with Crippen LogP contribution in [0.2, 0.25) is 0 Å². The van der Waals surface area contributed by atoms with Crippen LogP contribution in [0.3, 0.4) is 0 Å². The summed E-state index contributed by atoms with van der Waals surface area (Å²) in [5.74, 6) is -16.6. The second kappa shape index (κ2) is 12.8. The lowest BCUT2D eigenvalue weighted by molar-refractivity contribution is -0.539. The number of halogens is 6.